The molecule has 0 aromatic heterocycles. The number of aliphatic hydroxyl groups is 1. The first-order valence-corrected chi connectivity index (χ1v) is 10.8. The highest BCUT2D eigenvalue weighted by atomic mass is 16.5. The van der Waals surface area contributed by atoms with Gasteiger partial charge in [-0.1, -0.05) is 25.5 Å². The summed E-state index contributed by atoms with van der Waals surface area (Å²) in [5, 5.41) is 10.2. The lowest BCUT2D eigenvalue weighted by molar-refractivity contribution is -0.154. The largest absolute Gasteiger partial charge is 0.464 e. The molecule has 4 nitrogen and oxygen atoms in total. The van der Waals surface area contributed by atoms with E-state index in [1.165, 1.54) is 5.57 Å². The van der Waals surface area contributed by atoms with Crippen molar-refractivity contribution in [1.82, 2.24) is 0 Å². The summed E-state index contributed by atoms with van der Waals surface area (Å²) >= 11 is 0. The third kappa shape index (κ3) is 2.03. The topological polar surface area (TPSA) is 58.9 Å². The van der Waals surface area contributed by atoms with Crippen LogP contribution in [0.1, 0.15) is 72.6 Å². The van der Waals surface area contributed by atoms with E-state index < -0.39 is 5.60 Å². The second-order valence-electron chi connectivity index (χ2n) is 10.4. The molecule has 27 heavy (non-hydrogen) atoms. The van der Waals surface area contributed by atoms with E-state index in [-0.39, 0.29) is 28.8 Å². The van der Waals surface area contributed by atoms with Crippen molar-refractivity contribution >= 4 is 11.7 Å². The average Bonchev–Trinajstić information content (AvgIpc) is 3.06. The van der Waals surface area contributed by atoms with Crippen LogP contribution in [0.3, 0.4) is 0 Å². The smallest absolute Gasteiger partial charge is 0.195 e. The lowest BCUT2D eigenvalue weighted by atomic mass is 9.46. The Bertz CT molecular complexity index is 757. The van der Waals surface area contributed by atoms with Gasteiger partial charge in [-0.15, -0.1) is 0 Å². The fourth-order valence-corrected chi connectivity index (χ4v) is 8.16. The number of hydrogen-bond acceptors (Lipinski definition) is 4. The van der Waals surface area contributed by atoms with E-state index in [0.717, 1.165) is 44.9 Å². The van der Waals surface area contributed by atoms with Gasteiger partial charge in [-0.05, 0) is 75.0 Å². The number of carbonyl (C=O) groups is 1. The van der Waals surface area contributed by atoms with Crippen LogP contribution >= 0.6 is 0 Å². The van der Waals surface area contributed by atoms with E-state index in [4.69, 9.17) is 9.73 Å². The van der Waals surface area contributed by atoms with Crippen LogP contribution in [0.4, 0.5) is 0 Å². The minimum absolute atomic E-state index is 0.00453. The van der Waals surface area contributed by atoms with Gasteiger partial charge in [-0.3, -0.25) is 4.79 Å². The third-order valence-corrected chi connectivity index (χ3v) is 9.43. The van der Waals surface area contributed by atoms with Crippen molar-refractivity contribution in [3.05, 3.63) is 11.6 Å². The quantitative estimate of drug-likeness (QED) is 0.707. The van der Waals surface area contributed by atoms with Crippen molar-refractivity contribution in [3.63, 3.8) is 0 Å². The molecule has 3 fully saturated rings. The van der Waals surface area contributed by atoms with Crippen LogP contribution in [0, 0.1) is 28.6 Å². The number of aliphatic hydroxyl groups excluding tert-OH is 1. The van der Waals surface area contributed by atoms with E-state index in [0.29, 0.717) is 23.7 Å². The second-order valence-corrected chi connectivity index (χ2v) is 10.4. The zero-order chi connectivity index (χ0) is 19.2. The number of ether oxygens (including phenoxy) is 1. The number of rotatable bonds is 1. The molecule has 0 aromatic carbocycles. The first-order chi connectivity index (χ1) is 12.7. The minimum atomic E-state index is -0.736. The van der Waals surface area contributed by atoms with E-state index in [9.17, 15) is 9.90 Å². The molecule has 0 amide bonds. The molecule has 0 spiro atoms. The van der Waals surface area contributed by atoms with Crippen LogP contribution in [0.25, 0.3) is 0 Å². The summed E-state index contributed by atoms with van der Waals surface area (Å²) in [7, 11) is 0. The van der Waals surface area contributed by atoms with Crippen LogP contribution in [0.15, 0.2) is 16.6 Å². The van der Waals surface area contributed by atoms with Crippen LogP contribution in [0.5, 0.6) is 0 Å². The SMILES string of the molecule is CC(=O)[C@@]12OC(C)=N[C@@H]1CC1C3CC=C4C[C@@H](O)CC[C@]4(C)C3CC[C@@]12C. The molecule has 5 rings (SSSR count). The predicted octanol–water partition coefficient (Wildman–Crippen LogP) is 4.07. The van der Waals surface area contributed by atoms with Crippen LogP contribution < -0.4 is 0 Å². The minimum Gasteiger partial charge on any atom is -0.464 e. The molecule has 4 heteroatoms. The number of nitrogens with zero attached hydrogens (tertiary/aromatic N) is 1. The highest BCUT2D eigenvalue weighted by Crippen LogP contribution is 2.69. The highest BCUT2D eigenvalue weighted by Gasteiger charge is 2.72. The number of aliphatic imine (C=N–C) groups is 1. The van der Waals surface area contributed by atoms with E-state index >= 15 is 0 Å². The summed E-state index contributed by atoms with van der Waals surface area (Å²) in [6.07, 6.45) is 9.43. The summed E-state index contributed by atoms with van der Waals surface area (Å²) in [5.74, 6) is 2.61. The van der Waals surface area contributed by atoms with E-state index in [2.05, 4.69) is 19.9 Å². The number of Topliss-reactive ketones (excluding diaryl/α,β-unsaturated/α-hetero) is 1. The molecule has 0 saturated heterocycles. The number of ketones is 1. The summed E-state index contributed by atoms with van der Waals surface area (Å²) in [4.78, 5) is 17.7. The lowest BCUT2D eigenvalue weighted by Gasteiger charge is -2.58. The van der Waals surface area contributed by atoms with Crippen molar-refractivity contribution in [3.8, 4) is 0 Å². The molecular formula is C23H33NO3. The number of hydrogen-bond donors (Lipinski definition) is 1. The Morgan fingerprint density at radius 3 is 2.78 bits per heavy atom. The Labute approximate surface area is 162 Å². The molecule has 0 bridgehead atoms. The van der Waals surface area contributed by atoms with Gasteiger partial charge in [-0.25, -0.2) is 4.99 Å². The maximum atomic E-state index is 12.9. The molecular weight excluding hydrogens is 338 g/mol. The normalized spacial score (nSPS) is 53.3. The molecule has 4 aliphatic carbocycles. The Balaban J connectivity index is 1.55. The van der Waals surface area contributed by atoms with Gasteiger partial charge in [0.1, 0.15) is 6.04 Å². The summed E-state index contributed by atoms with van der Waals surface area (Å²) < 4.78 is 6.28. The van der Waals surface area contributed by atoms with Gasteiger partial charge in [0.15, 0.2) is 17.3 Å². The van der Waals surface area contributed by atoms with Crippen LogP contribution in [-0.4, -0.2) is 34.5 Å². The fourth-order valence-electron chi connectivity index (χ4n) is 8.16. The highest BCUT2D eigenvalue weighted by molar-refractivity contribution is 5.93. The van der Waals surface area contributed by atoms with Crippen molar-refractivity contribution in [2.45, 2.75) is 90.4 Å². The Morgan fingerprint density at radius 2 is 2.04 bits per heavy atom. The Morgan fingerprint density at radius 1 is 1.26 bits per heavy atom. The van der Waals surface area contributed by atoms with E-state index in [1.54, 1.807) is 6.92 Å². The molecule has 3 unspecified atom stereocenters. The molecule has 1 heterocycles. The molecule has 5 aliphatic rings. The number of carbonyl (C=O) groups excluding carboxylic acids is 1. The summed E-state index contributed by atoms with van der Waals surface area (Å²) in [5.41, 5.74) is 0.864. The summed E-state index contributed by atoms with van der Waals surface area (Å²) in [6.45, 7) is 8.37. The zero-order valence-corrected chi connectivity index (χ0v) is 17.1. The first-order valence-electron chi connectivity index (χ1n) is 10.8. The molecule has 0 aromatic rings. The monoisotopic (exact) mass is 371 g/mol. The molecule has 1 N–H and O–H groups in total. The van der Waals surface area contributed by atoms with E-state index in [1.807, 2.05) is 6.92 Å². The first kappa shape index (κ1) is 17.9. The van der Waals surface area contributed by atoms with Crippen LogP contribution in [-0.2, 0) is 9.53 Å². The predicted molar refractivity (Wildman–Crippen MR) is 104 cm³/mol. The standard InChI is InChI=1S/C23H33NO3/c1-13(25)23-20(24-14(2)27-23)12-19-17-6-5-15-11-16(26)7-9-21(15,3)18(17)8-10-22(19,23)4/h5,16-20,26H,6-12H2,1-4H3/t16-,17?,18?,19?,20+,21-,22-,23+/m0/s1. The number of allylic oxidation sites excluding steroid dienone is 1. The number of fused-ring (bicyclic) bond motifs is 7. The third-order valence-electron chi connectivity index (χ3n) is 9.43. The van der Waals surface area contributed by atoms with Gasteiger partial charge in [0.05, 0.1) is 6.10 Å². The van der Waals surface area contributed by atoms with Gasteiger partial charge in [0.25, 0.3) is 0 Å². The fraction of sp³-hybridized carbons (Fsp3) is 0.826. The second kappa shape index (κ2) is 5.46. The van der Waals surface area contributed by atoms with Crippen molar-refractivity contribution < 1.29 is 14.6 Å². The van der Waals surface area contributed by atoms with Gasteiger partial charge < -0.3 is 9.84 Å². The maximum absolute atomic E-state index is 12.9. The zero-order valence-electron chi connectivity index (χ0n) is 17.1. The van der Waals surface area contributed by atoms with Gasteiger partial charge in [-0.2, -0.15) is 0 Å². The Hall–Kier alpha value is -1.16. The molecule has 3 saturated carbocycles. The van der Waals surface area contributed by atoms with Crippen LogP contribution in [0.2, 0.25) is 0 Å². The van der Waals surface area contributed by atoms with Crippen molar-refractivity contribution in [2.24, 2.45) is 33.6 Å². The summed E-state index contributed by atoms with van der Waals surface area (Å²) in [6, 6.07) is -0.00453. The van der Waals surface area contributed by atoms with Crippen molar-refractivity contribution in [2.75, 3.05) is 0 Å². The van der Waals surface area contributed by atoms with Gasteiger partial charge in [0, 0.05) is 12.3 Å². The average molecular weight is 372 g/mol. The Kier molecular flexibility index (Phi) is 3.62. The lowest BCUT2D eigenvalue weighted by Crippen LogP contribution is -2.59. The molecule has 1 aliphatic heterocycles. The molecule has 8 atom stereocenters. The molecule has 148 valence electrons. The maximum Gasteiger partial charge on any atom is 0.195 e. The van der Waals surface area contributed by atoms with Crippen molar-refractivity contribution in [1.29, 1.82) is 0 Å². The molecule has 0 radical (unpaired) electrons. The van der Waals surface area contributed by atoms with Gasteiger partial charge in [0.2, 0.25) is 0 Å². The van der Waals surface area contributed by atoms with Gasteiger partial charge >= 0.3 is 0 Å².